The largest absolute Gasteiger partial charge is 0.350 e. The Labute approximate surface area is 124 Å². The van der Waals surface area contributed by atoms with Crippen molar-refractivity contribution in [2.75, 3.05) is 0 Å². The molecule has 2 aromatic rings. The van der Waals surface area contributed by atoms with Crippen LogP contribution in [-0.2, 0) is 17.9 Å². The second-order valence-corrected chi connectivity index (χ2v) is 5.43. The van der Waals surface area contributed by atoms with Crippen LogP contribution in [0.4, 0.5) is 0 Å². The lowest BCUT2D eigenvalue weighted by Gasteiger charge is -2.14. The van der Waals surface area contributed by atoms with Gasteiger partial charge in [0, 0.05) is 35.2 Å². The third-order valence-corrected chi connectivity index (χ3v) is 3.16. The summed E-state index contributed by atoms with van der Waals surface area (Å²) in [6.45, 7) is 2.48. The Kier molecular flexibility index (Phi) is 4.73. The van der Waals surface area contributed by atoms with Gasteiger partial charge in [0.2, 0.25) is 5.91 Å². The first kappa shape index (κ1) is 14.5. The molecule has 1 N–H and O–H groups in total. The Morgan fingerprint density at radius 3 is 3.00 bits per heavy atom. The van der Waals surface area contributed by atoms with Gasteiger partial charge in [-0.3, -0.25) is 14.3 Å². The van der Waals surface area contributed by atoms with Gasteiger partial charge < -0.3 is 9.88 Å². The SMILES string of the molecule is C[C@H](Cn1cccn1)NC(=O)Cn1cc(Br)ccc1=O. The van der Waals surface area contributed by atoms with Gasteiger partial charge in [0.1, 0.15) is 6.54 Å². The molecule has 0 aliphatic carbocycles. The number of hydrogen-bond donors (Lipinski definition) is 1. The number of rotatable bonds is 5. The van der Waals surface area contributed by atoms with Crippen molar-refractivity contribution >= 4 is 21.8 Å². The summed E-state index contributed by atoms with van der Waals surface area (Å²) in [5.41, 5.74) is -0.205. The zero-order valence-corrected chi connectivity index (χ0v) is 12.6. The Balaban J connectivity index is 1.92. The highest BCUT2D eigenvalue weighted by Gasteiger charge is 2.09. The topological polar surface area (TPSA) is 68.9 Å². The zero-order valence-electron chi connectivity index (χ0n) is 11.0. The first-order valence-corrected chi connectivity index (χ1v) is 6.96. The molecule has 2 rings (SSSR count). The molecule has 0 aromatic carbocycles. The first-order valence-electron chi connectivity index (χ1n) is 6.17. The van der Waals surface area contributed by atoms with Crippen LogP contribution in [0.15, 0.2) is 46.1 Å². The third-order valence-electron chi connectivity index (χ3n) is 2.69. The number of hydrogen-bond acceptors (Lipinski definition) is 3. The van der Waals surface area contributed by atoms with Crippen LogP contribution in [0, 0.1) is 0 Å². The van der Waals surface area contributed by atoms with Gasteiger partial charge in [0.05, 0.1) is 6.54 Å². The summed E-state index contributed by atoms with van der Waals surface area (Å²) in [5, 5.41) is 6.92. The van der Waals surface area contributed by atoms with Crippen molar-refractivity contribution in [3.8, 4) is 0 Å². The Bertz CT molecular complexity index is 636. The summed E-state index contributed by atoms with van der Waals surface area (Å²) >= 11 is 3.27. The van der Waals surface area contributed by atoms with Crippen molar-refractivity contribution in [3.05, 3.63) is 51.6 Å². The van der Waals surface area contributed by atoms with E-state index < -0.39 is 0 Å². The lowest BCUT2D eigenvalue weighted by Crippen LogP contribution is -2.39. The molecular weight excluding hydrogens is 324 g/mol. The standard InChI is InChI=1S/C13H15BrN4O2/c1-10(7-18-6-2-5-15-18)16-12(19)9-17-8-11(14)3-4-13(17)20/h2-6,8,10H,7,9H2,1H3,(H,16,19)/t10-/m1/s1. The molecule has 20 heavy (non-hydrogen) atoms. The predicted molar refractivity (Wildman–Crippen MR) is 78.2 cm³/mol. The fourth-order valence-corrected chi connectivity index (χ4v) is 2.21. The van der Waals surface area contributed by atoms with E-state index >= 15 is 0 Å². The van der Waals surface area contributed by atoms with Gasteiger partial charge >= 0.3 is 0 Å². The van der Waals surface area contributed by atoms with Gasteiger partial charge in [-0.1, -0.05) is 0 Å². The summed E-state index contributed by atoms with van der Waals surface area (Å²) in [4.78, 5) is 23.5. The molecule has 0 aliphatic heterocycles. The molecule has 0 radical (unpaired) electrons. The monoisotopic (exact) mass is 338 g/mol. The molecular formula is C13H15BrN4O2. The second kappa shape index (κ2) is 6.51. The van der Waals surface area contributed by atoms with Crippen LogP contribution in [0.1, 0.15) is 6.92 Å². The van der Waals surface area contributed by atoms with Gasteiger partial charge in [-0.2, -0.15) is 5.10 Å². The zero-order chi connectivity index (χ0) is 14.5. The van der Waals surface area contributed by atoms with Crippen molar-refractivity contribution in [2.45, 2.75) is 26.1 Å². The second-order valence-electron chi connectivity index (χ2n) is 4.51. The number of nitrogens with zero attached hydrogens (tertiary/aromatic N) is 3. The van der Waals surface area contributed by atoms with Crippen LogP contribution in [0.5, 0.6) is 0 Å². The summed E-state index contributed by atoms with van der Waals surface area (Å²) in [5.74, 6) is -0.204. The Hall–Kier alpha value is -1.89. The minimum atomic E-state index is -0.205. The first-order chi connectivity index (χ1) is 9.54. The van der Waals surface area contributed by atoms with E-state index in [1.807, 2.05) is 19.2 Å². The predicted octanol–water partition coefficient (Wildman–Crippen LogP) is 1.01. The number of carbonyl (C=O) groups is 1. The average Bonchev–Trinajstić information content (AvgIpc) is 2.86. The number of amides is 1. The van der Waals surface area contributed by atoms with E-state index in [0.29, 0.717) is 6.54 Å². The van der Waals surface area contributed by atoms with E-state index in [4.69, 9.17) is 0 Å². The number of aromatic nitrogens is 3. The third kappa shape index (κ3) is 4.06. The summed E-state index contributed by atoms with van der Waals surface area (Å²) in [6, 6.07) is 4.84. The lowest BCUT2D eigenvalue weighted by molar-refractivity contribution is -0.122. The Morgan fingerprint density at radius 1 is 1.50 bits per heavy atom. The fraction of sp³-hybridized carbons (Fsp3) is 0.308. The van der Waals surface area contributed by atoms with Gasteiger partial charge in [-0.25, -0.2) is 0 Å². The van der Waals surface area contributed by atoms with Crippen LogP contribution in [0.3, 0.4) is 0 Å². The highest BCUT2D eigenvalue weighted by atomic mass is 79.9. The van der Waals surface area contributed by atoms with Crippen molar-refractivity contribution in [1.82, 2.24) is 19.7 Å². The van der Waals surface area contributed by atoms with Crippen molar-refractivity contribution in [1.29, 1.82) is 0 Å². The molecule has 106 valence electrons. The molecule has 0 aliphatic rings. The van der Waals surface area contributed by atoms with Crippen LogP contribution >= 0.6 is 15.9 Å². The van der Waals surface area contributed by atoms with E-state index in [9.17, 15) is 9.59 Å². The van der Waals surface area contributed by atoms with Gasteiger partial charge in [0.15, 0.2) is 0 Å². The summed E-state index contributed by atoms with van der Waals surface area (Å²) < 4.78 is 3.87. The maximum atomic E-state index is 11.9. The lowest BCUT2D eigenvalue weighted by atomic mass is 10.3. The van der Waals surface area contributed by atoms with Crippen LogP contribution in [0.25, 0.3) is 0 Å². The summed E-state index contributed by atoms with van der Waals surface area (Å²) in [6.07, 6.45) is 5.12. The average molecular weight is 339 g/mol. The van der Waals surface area contributed by atoms with Gasteiger partial charge in [0.25, 0.3) is 5.56 Å². The van der Waals surface area contributed by atoms with Crippen molar-refractivity contribution < 1.29 is 4.79 Å². The van der Waals surface area contributed by atoms with Crippen LogP contribution in [0.2, 0.25) is 0 Å². The minimum Gasteiger partial charge on any atom is -0.350 e. The Morgan fingerprint density at radius 2 is 2.30 bits per heavy atom. The molecule has 6 nitrogen and oxygen atoms in total. The minimum absolute atomic E-state index is 0.00171. The number of nitrogens with one attached hydrogen (secondary N) is 1. The summed E-state index contributed by atoms with van der Waals surface area (Å²) in [7, 11) is 0. The van der Waals surface area contributed by atoms with Crippen molar-refractivity contribution in [2.24, 2.45) is 0 Å². The van der Waals surface area contributed by atoms with E-state index in [-0.39, 0.29) is 24.1 Å². The molecule has 2 heterocycles. The van der Waals surface area contributed by atoms with Crippen molar-refractivity contribution in [3.63, 3.8) is 0 Å². The molecule has 0 fully saturated rings. The van der Waals surface area contributed by atoms with Crippen LogP contribution < -0.4 is 10.9 Å². The highest BCUT2D eigenvalue weighted by Crippen LogP contribution is 2.04. The van der Waals surface area contributed by atoms with Crippen LogP contribution in [-0.4, -0.2) is 26.3 Å². The van der Waals surface area contributed by atoms with Gasteiger partial charge in [-0.15, -0.1) is 0 Å². The number of halogens is 1. The maximum Gasteiger partial charge on any atom is 0.251 e. The molecule has 2 aromatic heterocycles. The number of pyridine rings is 1. The molecule has 0 spiro atoms. The van der Waals surface area contributed by atoms with E-state index in [0.717, 1.165) is 4.47 Å². The quantitative estimate of drug-likeness (QED) is 0.884. The van der Waals surface area contributed by atoms with Gasteiger partial charge in [-0.05, 0) is 35.0 Å². The van der Waals surface area contributed by atoms with E-state index in [1.165, 1.54) is 10.6 Å². The normalized spacial score (nSPS) is 12.1. The highest BCUT2D eigenvalue weighted by molar-refractivity contribution is 9.10. The fourth-order valence-electron chi connectivity index (χ4n) is 1.84. The van der Waals surface area contributed by atoms with E-state index in [1.54, 1.807) is 23.1 Å². The molecule has 1 amide bonds. The molecule has 0 unspecified atom stereocenters. The molecule has 0 saturated heterocycles. The molecule has 0 bridgehead atoms. The maximum absolute atomic E-state index is 11.9. The number of carbonyl (C=O) groups excluding carboxylic acids is 1. The smallest absolute Gasteiger partial charge is 0.251 e. The molecule has 0 saturated carbocycles. The molecule has 7 heteroatoms. The van der Waals surface area contributed by atoms with E-state index in [2.05, 4.69) is 26.3 Å². The molecule has 1 atom stereocenters.